The van der Waals surface area contributed by atoms with Crippen LogP contribution in [0.25, 0.3) is 49.7 Å². The normalized spacial score (nSPS) is 21.0. The van der Waals surface area contributed by atoms with Gasteiger partial charge in [-0.05, 0) is 160 Å². The van der Waals surface area contributed by atoms with Crippen LogP contribution >= 0.6 is 0 Å². The monoisotopic (exact) mass is 936 g/mol. The first kappa shape index (κ1) is 42.5. The predicted molar refractivity (Wildman–Crippen MR) is 302 cm³/mol. The summed E-state index contributed by atoms with van der Waals surface area (Å²) in [6.45, 7) is 0. The van der Waals surface area contributed by atoms with E-state index < -0.39 is 5.41 Å². The summed E-state index contributed by atoms with van der Waals surface area (Å²) in [7, 11) is 0. The molecule has 16 rings (SSSR count). The fraction of sp³-hybridized carbons (Fsp3) is 0.155. The second kappa shape index (κ2) is 16.7. The second-order valence-corrected chi connectivity index (χ2v) is 21.6. The number of hydrogen-bond acceptors (Lipinski definition) is 1. The van der Waals surface area contributed by atoms with Crippen molar-refractivity contribution in [2.24, 2.45) is 23.7 Å². The molecule has 11 aromatic rings. The molecule has 0 radical (unpaired) electrons. The van der Waals surface area contributed by atoms with E-state index in [4.69, 9.17) is 0 Å². The van der Waals surface area contributed by atoms with E-state index in [2.05, 4.69) is 264 Å². The average molecular weight is 937 g/mol. The number of benzene rings is 10. The summed E-state index contributed by atoms with van der Waals surface area (Å²) < 4.78 is 2.45. The molecule has 0 atom stereocenters. The van der Waals surface area contributed by atoms with E-state index in [1.165, 1.54) is 115 Å². The first-order valence-electron chi connectivity index (χ1n) is 26.7. The van der Waals surface area contributed by atoms with Gasteiger partial charge in [-0.2, -0.15) is 0 Å². The van der Waals surface area contributed by atoms with Gasteiger partial charge in [0.15, 0.2) is 0 Å². The maximum atomic E-state index is 2.69. The number of nitrogens with zero attached hydrogens (tertiary/aromatic N) is 2. The lowest BCUT2D eigenvalue weighted by atomic mass is 9.38. The molecule has 2 nitrogen and oxygen atoms in total. The highest BCUT2D eigenvalue weighted by Gasteiger charge is 2.63. The van der Waals surface area contributed by atoms with Crippen LogP contribution in [0.3, 0.4) is 0 Å². The summed E-state index contributed by atoms with van der Waals surface area (Å²) in [4.78, 5) is 2.54. The highest BCUT2D eigenvalue weighted by atomic mass is 15.1. The van der Waals surface area contributed by atoms with Crippen molar-refractivity contribution in [1.29, 1.82) is 0 Å². The van der Waals surface area contributed by atoms with Crippen molar-refractivity contribution in [3.8, 4) is 27.9 Å². The molecule has 0 unspecified atom stereocenters. The third kappa shape index (κ3) is 6.29. The first-order chi connectivity index (χ1) is 36.2. The van der Waals surface area contributed by atoms with Gasteiger partial charge in [-0.25, -0.2) is 0 Å². The molecule has 350 valence electrons. The van der Waals surface area contributed by atoms with E-state index in [9.17, 15) is 0 Å². The van der Waals surface area contributed by atoms with Crippen LogP contribution in [0.2, 0.25) is 0 Å². The molecule has 10 aromatic carbocycles. The minimum atomic E-state index is -0.500. The Morgan fingerprint density at radius 2 is 0.795 bits per heavy atom. The molecule has 73 heavy (non-hydrogen) atoms. The van der Waals surface area contributed by atoms with Gasteiger partial charge in [-0.1, -0.05) is 200 Å². The van der Waals surface area contributed by atoms with Crippen molar-refractivity contribution in [1.82, 2.24) is 4.57 Å². The predicted octanol–water partition coefficient (Wildman–Crippen LogP) is 18.0. The number of fused-ring (bicyclic) bond motifs is 5. The molecule has 0 aliphatic heterocycles. The highest BCUT2D eigenvalue weighted by molar-refractivity contribution is 6.09. The van der Waals surface area contributed by atoms with Gasteiger partial charge in [0, 0.05) is 38.8 Å². The molecule has 2 heteroatoms. The van der Waals surface area contributed by atoms with Gasteiger partial charge in [-0.3, -0.25) is 0 Å². The van der Waals surface area contributed by atoms with Gasteiger partial charge in [0.1, 0.15) is 0 Å². The fourth-order valence-electron chi connectivity index (χ4n) is 15.5. The Labute approximate surface area is 428 Å². The van der Waals surface area contributed by atoms with Gasteiger partial charge in [-0.15, -0.1) is 0 Å². The first-order valence-corrected chi connectivity index (χ1v) is 26.7. The molecule has 5 aliphatic carbocycles. The molecule has 1 heterocycles. The average Bonchev–Trinajstić information content (AvgIpc) is 3.82. The van der Waals surface area contributed by atoms with Crippen LogP contribution < -0.4 is 4.90 Å². The molecular formula is C71H56N2. The molecule has 0 N–H and O–H groups in total. The van der Waals surface area contributed by atoms with Crippen molar-refractivity contribution < 1.29 is 0 Å². The minimum Gasteiger partial charge on any atom is -0.310 e. The number of rotatable bonds is 8. The summed E-state index contributed by atoms with van der Waals surface area (Å²) in [6, 6.07) is 96.3. The summed E-state index contributed by atoms with van der Waals surface area (Å²) >= 11 is 0. The van der Waals surface area contributed by atoms with Crippen LogP contribution in [-0.2, 0) is 10.8 Å². The Kier molecular flexibility index (Phi) is 9.71. The minimum absolute atomic E-state index is 0.0916. The molecule has 4 bridgehead atoms. The van der Waals surface area contributed by atoms with Crippen molar-refractivity contribution >= 4 is 38.9 Å². The number of para-hydroxylation sites is 3. The van der Waals surface area contributed by atoms with Crippen LogP contribution in [0.4, 0.5) is 17.1 Å². The molecule has 1 spiro atoms. The van der Waals surface area contributed by atoms with E-state index in [1.807, 2.05) is 0 Å². The van der Waals surface area contributed by atoms with Crippen LogP contribution in [0.15, 0.2) is 255 Å². The van der Waals surface area contributed by atoms with Crippen molar-refractivity contribution in [2.45, 2.75) is 42.9 Å². The Bertz CT molecular complexity index is 3730. The summed E-state index contributed by atoms with van der Waals surface area (Å²) in [5, 5.41) is 2.54. The third-order valence-corrected chi connectivity index (χ3v) is 18.1. The van der Waals surface area contributed by atoms with E-state index in [0.29, 0.717) is 11.8 Å². The maximum absolute atomic E-state index is 2.69. The quantitative estimate of drug-likeness (QED) is 0.147. The summed E-state index contributed by atoms with van der Waals surface area (Å²) in [5.74, 6) is 2.85. The van der Waals surface area contributed by atoms with E-state index >= 15 is 0 Å². The smallest absolute Gasteiger partial charge is 0.0707 e. The second-order valence-electron chi connectivity index (χ2n) is 21.6. The number of hydrogen-bond donors (Lipinski definition) is 0. The maximum Gasteiger partial charge on any atom is 0.0707 e. The lowest BCUT2D eigenvalue weighted by Gasteiger charge is -2.65. The highest BCUT2D eigenvalue weighted by Crippen LogP contribution is 2.70. The van der Waals surface area contributed by atoms with Gasteiger partial charge < -0.3 is 9.47 Å². The number of aromatic nitrogens is 1. The molecule has 5 aliphatic rings. The zero-order chi connectivity index (χ0) is 48.1. The topological polar surface area (TPSA) is 8.17 Å². The zero-order valence-electron chi connectivity index (χ0n) is 41.0. The molecule has 4 fully saturated rings. The van der Waals surface area contributed by atoms with Gasteiger partial charge in [0.2, 0.25) is 0 Å². The molecule has 4 saturated carbocycles. The lowest BCUT2D eigenvalue weighted by molar-refractivity contribution is -0.0440. The van der Waals surface area contributed by atoms with Gasteiger partial charge in [0.05, 0.1) is 22.1 Å². The molecular weight excluding hydrogens is 881 g/mol. The van der Waals surface area contributed by atoms with Crippen molar-refractivity contribution in [2.75, 3.05) is 4.90 Å². The fourth-order valence-corrected chi connectivity index (χ4v) is 15.5. The third-order valence-electron chi connectivity index (χ3n) is 18.1. The molecule has 1 aromatic heterocycles. The lowest BCUT2D eigenvalue weighted by Crippen LogP contribution is -2.59. The Balaban J connectivity index is 0.948. The van der Waals surface area contributed by atoms with Crippen molar-refractivity contribution in [3.63, 3.8) is 0 Å². The van der Waals surface area contributed by atoms with Crippen LogP contribution in [0.5, 0.6) is 0 Å². The standard InChI is InChI=1S/C71H56N2/c1-4-18-50(19-5-1)51-32-36-57(37-33-51)72(58-38-34-52(35-39-58)60-24-10-15-29-67(60)73-68-30-16-11-25-61(68)62-26-12-17-31-69(62)73)59-40-41-65-66(47-59)71(55-43-48-42-49(45-55)46-56(71)44-48)64-28-14-13-27-63(64)70(65,53-20-6-2-7-21-53)54-22-8-3-9-23-54/h1-41,47-49,55-56H,42-46H2. The molecule has 0 amide bonds. The van der Waals surface area contributed by atoms with Crippen LogP contribution in [0, 0.1) is 23.7 Å². The SMILES string of the molecule is c1ccc(-c2ccc(N(c3ccc(-c4ccccc4-n4c5ccccc5c5ccccc54)cc3)c3ccc4c(c3)C3(c5ccccc5C4(c4ccccc4)c4ccccc4)C4CC5CC(C4)CC3C5)cc2)cc1. The van der Waals surface area contributed by atoms with E-state index in [-0.39, 0.29) is 5.41 Å². The van der Waals surface area contributed by atoms with Crippen molar-refractivity contribution in [3.05, 3.63) is 288 Å². The summed E-state index contributed by atoms with van der Waals surface area (Å²) in [5.41, 5.74) is 20.0. The summed E-state index contributed by atoms with van der Waals surface area (Å²) in [6.07, 6.45) is 6.68. The van der Waals surface area contributed by atoms with Crippen LogP contribution in [-0.4, -0.2) is 4.57 Å². The zero-order valence-corrected chi connectivity index (χ0v) is 41.0. The number of anilines is 3. The molecule has 0 saturated heterocycles. The largest absolute Gasteiger partial charge is 0.310 e. The van der Waals surface area contributed by atoms with Gasteiger partial charge in [0.25, 0.3) is 0 Å². The van der Waals surface area contributed by atoms with E-state index in [1.54, 1.807) is 5.56 Å². The van der Waals surface area contributed by atoms with Crippen LogP contribution in [0.1, 0.15) is 65.5 Å². The Morgan fingerprint density at radius 3 is 1.40 bits per heavy atom. The Hall–Kier alpha value is -8.20. The Morgan fingerprint density at radius 1 is 0.342 bits per heavy atom. The van der Waals surface area contributed by atoms with E-state index in [0.717, 1.165) is 23.2 Å². The van der Waals surface area contributed by atoms with Gasteiger partial charge >= 0.3 is 0 Å².